The van der Waals surface area contributed by atoms with Crippen molar-refractivity contribution in [1.29, 1.82) is 0 Å². The zero-order chi connectivity index (χ0) is 24.7. The van der Waals surface area contributed by atoms with Crippen LogP contribution in [0.15, 0.2) is 77.7 Å². The van der Waals surface area contributed by atoms with Crippen LogP contribution in [0.3, 0.4) is 0 Å². The summed E-state index contributed by atoms with van der Waals surface area (Å²) in [5, 5.41) is 2.76. The summed E-state index contributed by atoms with van der Waals surface area (Å²) in [6, 6.07) is 19.3. The van der Waals surface area contributed by atoms with Gasteiger partial charge in [-0.25, -0.2) is 13.2 Å². The fraction of sp³-hybridized carbons (Fsp3) is 0.200. The Morgan fingerprint density at radius 3 is 2.24 bits per heavy atom. The number of benzene rings is 3. The van der Waals surface area contributed by atoms with Crippen molar-refractivity contribution in [1.82, 2.24) is 0 Å². The van der Waals surface area contributed by atoms with Crippen LogP contribution in [0.25, 0.3) is 0 Å². The van der Waals surface area contributed by atoms with E-state index < -0.39 is 28.4 Å². The molecule has 0 aromatic heterocycles. The lowest BCUT2D eigenvalue weighted by atomic mass is 10.1. The van der Waals surface area contributed by atoms with Gasteiger partial charge in [0.25, 0.3) is 10.0 Å². The van der Waals surface area contributed by atoms with Gasteiger partial charge < -0.3 is 10.1 Å². The van der Waals surface area contributed by atoms with Gasteiger partial charge in [0, 0.05) is 5.69 Å². The quantitative estimate of drug-likeness (QED) is 0.421. The maximum Gasteiger partial charge on any atom is 0.339 e. The number of nitrogens with one attached hydrogen (secondary N) is 1. The van der Waals surface area contributed by atoms with E-state index in [4.69, 9.17) is 16.3 Å². The largest absolute Gasteiger partial charge is 0.462 e. The van der Waals surface area contributed by atoms with Crippen molar-refractivity contribution in [2.24, 2.45) is 0 Å². The Hall–Kier alpha value is -3.36. The molecule has 3 aromatic carbocycles. The lowest BCUT2D eigenvalue weighted by molar-refractivity contribution is -0.114. The van der Waals surface area contributed by atoms with Crippen molar-refractivity contribution in [2.45, 2.75) is 25.2 Å². The SMILES string of the molecule is CCOC(=O)c1ccc(NC(=O)CN(c2ccc(CC)cc2)S(=O)(=O)c2ccccc2)cc1Cl. The van der Waals surface area contributed by atoms with Gasteiger partial charge in [-0.15, -0.1) is 0 Å². The van der Waals surface area contributed by atoms with E-state index in [1.807, 2.05) is 19.1 Å². The number of hydrogen-bond acceptors (Lipinski definition) is 5. The molecular weight excluding hydrogens is 476 g/mol. The summed E-state index contributed by atoms with van der Waals surface area (Å²) >= 11 is 6.17. The predicted octanol–water partition coefficient (Wildman–Crippen LogP) is 4.91. The molecule has 178 valence electrons. The van der Waals surface area contributed by atoms with E-state index in [1.165, 1.54) is 30.3 Å². The number of esters is 1. The zero-order valence-electron chi connectivity index (χ0n) is 18.8. The molecule has 0 aliphatic carbocycles. The van der Waals surface area contributed by atoms with E-state index >= 15 is 0 Å². The van der Waals surface area contributed by atoms with E-state index in [9.17, 15) is 18.0 Å². The number of amides is 1. The molecule has 0 aliphatic rings. The first-order valence-electron chi connectivity index (χ1n) is 10.7. The number of halogens is 1. The van der Waals surface area contributed by atoms with Crippen LogP contribution in [-0.4, -0.2) is 33.4 Å². The van der Waals surface area contributed by atoms with Crippen molar-refractivity contribution in [3.05, 3.63) is 88.9 Å². The molecular formula is C25H25ClN2O5S. The van der Waals surface area contributed by atoms with Gasteiger partial charge in [0.05, 0.1) is 27.8 Å². The number of sulfonamides is 1. The fourth-order valence-electron chi connectivity index (χ4n) is 3.23. The second-order valence-corrected chi connectivity index (χ2v) is 9.58. The summed E-state index contributed by atoms with van der Waals surface area (Å²) in [6.07, 6.45) is 0.800. The first-order valence-corrected chi connectivity index (χ1v) is 12.5. The Bertz CT molecular complexity index is 1260. The number of hydrogen-bond donors (Lipinski definition) is 1. The van der Waals surface area contributed by atoms with Crippen LogP contribution in [0.1, 0.15) is 29.8 Å². The van der Waals surface area contributed by atoms with Gasteiger partial charge in [-0.3, -0.25) is 9.10 Å². The molecule has 0 fully saturated rings. The third-order valence-electron chi connectivity index (χ3n) is 5.00. The third-order valence-corrected chi connectivity index (χ3v) is 7.10. The van der Waals surface area contributed by atoms with E-state index in [0.717, 1.165) is 16.3 Å². The normalized spacial score (nSPS) is 11.0. The van der Waals surface area contributed by atoms with Crippen molar-refractivity contribution >= 4 is 44.9 Å². The minimum atomic E-state index is -4.01. The van der Waals surface area contributed by atoms with Crippen LogP contribution in [0.4, 0.5) is 11.4 Å². The molecule has 1 amide bonds. The lowest BCUT2D eigenvalue weighted by Gasteiger charge is -2.24. The average Bonchev–Trinajstić information content (AvgIpc) is 2.83. The molecule has 9 heteroatoms. The molecule has 3 rings (SSSR count). The van der Waals surface area contributed by atoms with Gasteiger partial charge in [-0.05, 0) is 61.4 Å². The van der Waals surface area contributed by atoms with E-state index in [1.54, 1.807) is 37.3 Å². The average molecular weight is 501 g/mol. The Morgan fingerprint density at radius 1 is 0.971 bits per heavy atom. The maximum absolute atomic E-state index is 13.4. The Balaban J connectivity index is 1.87. The second kappa shape index (κ2) is 11.2. The van der Waals surface area contributed by atoms with E-state index in [-0.39, 0.29) is 22.1 Å². The summed E-state index contributed by atoms with van der Waals surface area (Å²) in [4.78, 5) is 24.9. The Morgan fingerprint density at radius 2 is 1.65 bits per heavy atom. The lowest BCUT2D eigenvalue weighted by Crippen LogP contribution is -2.38. The number of rotatable bonds is 9. The van der Waals surface area contributed by atoms with Crippen molar-refractivity contribution in [2.75, 3.05) is 22.8 Å². The van der Waals surface area contributed by atoms with Gasteiger partial charge in [-0.2, -0.15) is 0 Å². The minimum Gasteiger partial charge on any atom is -0.462 e. The Labute approximate surface area is 204 Å². The first-order chi connectivity index (χ1) is 16.3. The van der Waals surface area contributed by atoms with Crippen LogP contribution in [0.5, 0.6) is 0 Å². The number of carbonyl (C=O) groups is 2. The molecule has 0 heterocycles. The summed E-state index contributed by atoms with van der Waals surface area (Å²) in [7, 11) is -4.01. The van der Waals surface area contributed by atoms with Crippen LogP contribution in [0, 0.1) is 0 Å². The molecule has 0 radical (unpaired) electrons. The number of anilines is 2. The van der Waals surface area contributed by atoms with Crippen molar-refractivity contribution < 1.29 is 22.7 Å². The third kappa shape index (κ3) is 5.95. The van der Waals surface area contributed by atoms with E-state index in [0.29, 0.717) is 11.4 Å². The molecule has 0 saturated heterocycles. The fourth-order valence-corrected chi connectivity index (χ4v) is 4.93. The molecule has 0 bridgehead atoms. The van der Waals surface area contributed by atoms with Gasteiger partial charge in [0.1, 0.15) is 6.54 Å². The summed E-state index contributed by atoms with van der Waals surface area (Å²) < 4.78 is 32.8. The summed E-state index contributed by atoms with van der Waals surface area (Å²) in [6.45, 7) is 3.43. The predicted molar refractivity (Wildman–Crippen MR) is 133 cm³/mol. The van der Waals surface area contributed by atoms with Crippen LogP contribution in [0.2, 0.25) is 5.02 Å². The topological polar surface area (TPSA) is 92.8 Å². The molecule has 0 unspecified atom stereocenters. The van der Waals surface area contributed by atoms with Gasteiger partial charge >= 0.3 is 5.97 Å². The van der Waals surface area contributed by atoms with Gasteiger partial charge in [-0.1, -0.05) is 48.9 Å². The molecule has 0 spiro atoms. The highest BCUT2D eigenvalue weighted by Gasteiger charge is 2.27. The molecule has 0 aliphatic heterocycles. The molecule has 0 saturated carbocycles. The zero-order valence-corrected chi connectivity index (χ0v) is 20.4. The minimum absolute atomic E-state index is 0.0733. The standard InChI is InChI=1S/C25H25ClN2O5S/c1-3-18-10-13-20(14-11-18)28(34(31,32)21-8-6-5-7-9-21)17-24(29)27-19-12-15-22(23(26)16-19)25(30)33-4-2/h5-16H,3-4,17H2,1-2H3,(H,27,29). The van der Waals surface area contributed by atoms with Crippen molar-refractivity contribution in [3.63, 3.8) is 0 Å². The maximum atomic E-state index is 13.4. The molecule has 3 aromatic rings. The summed E-state index contributed by atoms with van der Waals surface area (Å²) in [5.41, 5.74) is 1.90. The molecule has 0 atom stereocenters. The van der Waals surface area contributed by atoms with Crippen LogP contribution < -0.4 is 9.62 Å². The second-order valence-electron chi connectivity index (χ2n) is 7.31. The highest BCUT2D eigenvalue weighted by Crippen LogP contribution is 2.25. The number of ether oxygens (including phenoxy) is 1. The highest BCUT2D eigenvalue weighted by atomic mass is 35.5. The summed E-state index contributed by atoms with van der Waals surface area (Å²) in [5.74, 6) is -1.14. The monoisotopic (exact) mass is 500 g/mol. The number of aryl methyl sites for hydroxylation is 1. The van der Waals surface area contributed by atoms with Gasteiger partial charge in [0.2, 0.25) is 5.91 Å². The highest BCUT2D eigenvalue weighted by molar-refractivity contribution is 7.92. The number of carbonyl (C=O) groups excluding carboxylic acids is 2. The first kappa shape index (κ1) is 25.3. The Kier molecular flexibility index (Phi) is 8.31. The molecule has 7 nitrogen and oxygen atoms in total. The van der Waals surface area contributed by atoms with Crippen molar-refractivity contribution in [3.8, 4) is 0 Å². The molecule has 34 heavy (non-hydrogen) atoms. The molecule has 1 N–H and O–H groups in total. The van der Waals surface area contributed by atoms with E-state index in [2.05, 4.69) is 5.32 Å². The number of nitrogens with zero attached hydrogens (tertiary/aromatic N) is 1. The smallest absolute Gasteiger partial charge is 0.339 e. The van der Waals surface area contributed by atoms with Gasteiger partial charge in [0.15, 0.2) is 0 Å². The van der Waals surface area contributed by atoms with Crippen LogP contribution in [-0.2, 0) is 26.0 Å². The van der Waals surface area contributed by atoms with Crippen LogP contribution >= 0.6 is 11.6 Å².